The van der Waals surface area contributed by atoms with Crippen molar-refractivity contribution in [1.29, 1.82) is 0 Å². The predicted molar refractivity (Wildman–Crippen MR) is 79.1 cm³/mol. The molecule has 2 aromatic rings. The summed E-state index contributed by atoms with van der Waals surface area (Å²) >= 11 is 2.46. The Bertz CT molecular complexity index is 688. The Morgan fingerprint density at radius 1 is 1.35 bits per heavy atom. The average Bonchev–Trinajstić information content (AvgIpc) is 2.97. The van der Waals surface area contributed by atoms with Gasteiger partial charge in [0, 0.05) is 10.9 Å². The Balaban J connectivity index is 2.14. The number of thiophene rings is 2. The zero-order valence-electron chi connectivity index (χ0n) is 10.6. The molecule has 0 aromatic carbocycles. The van der Waals surface area contributed by atoms with Crippen LogP contribution in [-0.4, -0.2) is 25.5 Å². The Labute approximate surface area is 124 Å². The fourth-order valence-electron chi connectivity index (χ4n) is 1.77. The van der Waals surface area contributed by atoms with Gasteiger partial charge in [0.05, 0.1) is 0 Å². The lowest BCUT2D eigenvalue weighted by atomic mass is 10.2. The number of hydrogen-bond donors (Lipinski definition) is 2. The molecule has 0 aliphatic rings. The van der Waals surface area contributed by atoms with Gasteiger partial charge in [0.2, 0.25) is 10.0 Å². The highest BCUT2D eigenvalue weighted by molar-refractivity contribution is 7.89. The van der Waals surface area contributed by atoms with Crippen LogP contribution in [0.3, 0.4) is 0 Å². The second kappa shape index (κ2) is 6.04. The van der Waals surface area contributed by atoms with Crippen molar-refractivity contribution in [3.05, 3.63) is 38.7 Å². The molecule has 2 heterocycles. The molecule has 1 atom stereocenters. The number of carbonyl (C=O) groups is 1. The maximum absolute atomic E-state index is 12.2. The predicted octanol–water partition coefficient (Wildman–Crippen LogP) is 2.42. The van der Waals surface area contributed by atoms with E-state index in [0.717, 1.165) is 16.2 Å². The normalized spacial score (nSPS) is 13.2. The van der Waals surface area contributed by atoms with Gasteiger partial charge < -0.3 is 5.11 Å². The Hall–Kier alpha value is -1.22. The second-order valence-electron chi connectivity index (χ2n) is 4.22. The number of rotatable bonds is 6. The highest BCUT2D eigenvalue weighted by atomic mass is 32.2. The molecular formula is C12H13NO4S3. The first-order valence-electron chi connectivity index (χ1n) is 5.75. The molecule has 2 N–H and O–H groups in total. The van der Waals surface area contributed by atoms with Crippen molar-refractivity contribution in [2.45, 2.75) is 24.3 Å². The monoisotopic (exact) mass is 331 g/mol. The number of hydrogen-bond acceptors (Lipinski definition) is 5. The van der Waals surface area contributed by atoms with Crippen LogP contribution in [0.1, 0.15) is 21.5 Å². The van der Waals surface area contributed by atoms with Crippen molar-refractivity contribution in [1.82, 2.24) is 4.72 Å². The van der Waals surface area contributed by atoms with Gasteiger partial charge in [-0.1, -0.05) is 6.07 Å². The molecule has 20 heavy (non-hydrogen) atoms. The Kier molecular flexibility index (Phi) is 4.59. The van der Waals surface area contributed by atoms with Crippen LogP contribution in [0.15, 0.2) is 33.9 Å². The first kappa shape index (κ1) is 15.2. The van der Waals surface area contributed by atoms with Gasteiger partial charge in [-0.3, -0.25) is 0 Å². The largest absolute Gasteiger partial charge is 0.477 e. The molecule has 0 saturated carbocycles. The number of aromatic carboxylic acids is 1. The van der Waals surface area contributed by atoms with Gasteiger partial charge in [-0.15, -0.1) is 22.7 Å². The van der Waals surface area contributed by atoms with Crippen molar-refractivity contribution in [2.75, 3.05) is 0 Å². The van der Waals surface area contributed by atoms with Crippen LogP contribution in [0, 0.1) is 0 Å². The standard InChI is InChI=1S/C12H13NO4S3/c1-8(7-9-3-2-5-18-9)13-20(16,17)10-4-6-19-11(10)12(14)15/h2-6,8,13H,7H2,1H3,(H,14,15). The lowest BCUT2D eigenvalue weighted by molar-refractivity contribution is 0.0698. The molecule has 0 bridgehead atoms. The molecule has 1 unspecified atom stereocenters. The minimum Gasteiger partial charge on any atom is -0.477 e. The van der Waals surface area contributed by atoms with Crippen LogP contribution in [-0.2, 0) is 16.4 Å². The van der Waals surface area contributed by atoms with Gasteiger partial charge in [-0.25, -0.2) is 17.9 Å². The number of carboxylic acids is 1. The van der Waals surface area contributed by atoms with Crippen molar-refractivity contribution in [3.8, 4) is 0 Å². The molecule has 5 nitrogen and oxygen atoms in total. The second-order valence-corrected chi connectivity index (χ2v) is 7.86. The first-order chi connectivity index (χ1) is 9.40. The molecule has 0 aliphatic heterocycles. The molecule has 0 saturated heterocycles. The summed E-state index contributed by atoms with van der Waals surface area (Å²) in [6.07, 6.45) is 0.573. The van der Waals surface area contributed by atoms with E-state index in [9.17, 15) is 13.2 Å². The number of carboxylic acid groups (broad SMARTS) is 1. The van der Waals surface area contributed by atoms with Gasteiger partial charge in [0.25, 0.3) is 0 Å². The molecule has 0 fully saturated rings. The minimum atomic E-state index is -3.81. The zero-order valence-corrected chi connectivity index (χ0v) is 13.0. The van der Waals surface area contributed by atoms with Gasteiger partial charge >= 0.3 is 5.97 Å². The molecule has 2 aromatic heterocycles. The van der Waals surface area contributed by atoms with Crippen molar-refractivity contribution in [2.24, 2.45) is 0 Å². The SMILES string of the molecule is CC(Cc1cccs1)NS(=O)(=O)c1ccsc1C(=O)O. The molecule has 8 heteroatoms. The summed E-state index contributed by atoms with van der Waals surface area (Å²) in [6.45, 7) is 1.75. The zero-order chi connectivity index (χ0) is 14.8. The summed E-state index contributed by atoms with van der Waals surface area (Å²) in [5.74, 6) is -1.23. The number of sulfonamides is 1. The van der Waals surface area contributed by atoms with Gasteiger partial charge in [-0.05, 0) is 36.2 Å². The van der Waals surface area contributed by atoms with Crippen LogP contribution in [0.4, 0.5) is 0 Å². The Morgan fingerprint density at radius 2 is 2.10 bits per heavy atom. The highest BCUT2D eigenvalue weighted by Gasteiger charge is 2.25. The quantitative estimate of drug-likeness (QED) is 0.851. The molecular weight excluding hydrogens is 318 g/mol. The van der Waals surface area contributed by atoms with E-state index in [0.29, 0.717) is 6.42 Å². The van der Waals surface area contributed by atoms with Gasteiger partial charge in [0.1, 0.15) is 9.77 Å². The maximum Gasteiger partial charge on any atom is 0.347 e. The summed E-state index contributed by atoms with van der Waals surface area (Å²) in [7, 11) is -3.81. The number of nitrogens with one attached hydrogen (secondary N) is 1. The smallest absolute Gasteiger partial charge is 0.347 e. The van der Waals surface area contributed by atoms with Crippen molar-refractivity contribution in [3.63, 3.8) is 0 Å². The third-order valence-electron chi connectivity index (χ3n) is 2.56. The van der Waals surface area contributed by atoms with Crippen LogP contribution >= 0.6 is 22.7 Å². The van der Waals surface area contributed by atoms with Crippen LogP contribution in [0.25, 0.3) is 0 Å². The molecule has 0 amide bonds. The Morgan fingerprint density at radius 3 is 2.70 bits per heavy atom. The van der Waals surface area contributed by atoms with E-state index >= 15 is 0 Å². The van der Waals surface area contributed by atoms with E-state index in [1.54, 1.807) is 18.3 Å². The summed E-state index contributed by atoms with van der Waals surface area (Å²) in [5, 5.41) is 12.4. The summed E-state index contributed by atoms with van der Waals surface area (Å²) < 4.78 is 26.9. The minimum absolute atomic E-state index is 0.166. The van der Waals surface area contributed by atoms with Crippen LogP contribution in [0.5, 0.6) is 0 Å². The van der Waals surface area contributed by atoms with Gasteiger partial charge in [0.15, 0.2) is 0 Å². The van der Waals surface area contributed by atoms with E-state index in [2.05, 4.69) is 4.72 Å². The third kappa shape index (κ3) is 3.45. The van der Waals surface area contributed by atoms with Crippen molar-refractivity contribution < 1.29 is 18.3 Å². The van der Waals surface area contributed by atoms with Crippen LogP contribution in [0.2, 0.25) is 0 Å². The fourth-order valence-corrected chi connectivity index (χ4v) is 5.10. The molecule has 108 valence electrons. The average molecular weight is 331 g/mol. The molecule has 0 radical (unpaired) electrons. The first-order valence-corrected chi connectivity index (χ1v) is 9.00. The lowest BCUT2D eigenvalue weighted by Gasteiger charge is -2.13. The fraction of sp³-hybridized carbons (Fsp3) is 0.250. The van der Waals surface area contributed by atoms with E-state index < -0.39 is 16.0 Å². The molecule has 0 aliphatic carbocycles. The summed E-state index contributed by atoms with van der Waals surface area (Å²) in [5.41, 5.74) is 0. The summed E-state index contributed by atoms with van der Waals surface area (Å²) in [6, 6.07) is 4.85. The van der Waals surface area contributed by atoms with E-state index in [-0.39, 0.29) is 15.8 Å². The molecule has 0 spiro atoms. The third-order valence-corrected chi connectivity index (χ3v) is 6.12. The highest BCUT2D eigenvalue weighted by Crippen LogP contribution is 2.22. The maximum atomic E-state index is 12.2. The van der Waals surface area contributed by atoms with Gasteiger partial charge in [-0.2, -0.15) is 0 Å². The van der Waals surface area contributed by atoms with Crippen molar-refractivity contribution >= 4 is 38.7 Å². The van der Waals surface area contributed by atoms with E-state index in [1.807, 2.05) is 17.5 Å². The van der Waals surface area contributed by atoms with Crippen LogP contribution < -0.4 is 4.72 Å². The lowest BCUT2D eigenvalue weighted by Crippen LogP contribution is -2.34. The topological polar surface area (TPSA) is 83.5 Å². The summed E-state index contributed by atoms with van der Waals surface area (Å²) in [4.78, 5) is 11.7. The van der Waals surface area contributed by atoms with E-state index in [1.165, 1.54) is 11.4 Å². The molecule has 2 rings (SSSR count). The van der Waals surface area contributed by atoms with E-state index in [4.69, 9.17) is 5.11 Å².